The van der Waals surface area contributed by atoms with Crippen molar-refractivity contribution in [3.63, 3.8) is 0 Å². The SMILES string of the molecule is O=C(O)N=Cc1ccc(O)c(O)c1. The van der Waals surface area contributed by atoms with Crippen LogP contribution in [0.3, 0.4) is 0 Å². The van der Waals surface area contributed by atoms with Gasteiger partial charge in [0, 0.05) is 6.21 Å². The maximum atomic E-state index is 10.0. The first-order valence-corrected chi connectivity index (χ1v) is 3.38. The molecule has 68 valence electrons. The standard InChI is InChI=1S/C8H7NO4/c10-6-2-1-5(3-7(6)11)4-9-8(12)13/h1-4,10-11H,(H,12,13). The molecule has 1 aromatic rings. The summed E-state index contributed by atoms with van der Waals surface area (Å²) < 4.78 is 0. The minimum absolute atomic E-state index is 0.257. The Kier molecular flexibility index (Phi) is 2.49. The van der Waals surface area contributed by atoms with Gasteiger partial charge in [-0.3, -0.25) is 0 Å². The lowest BCUT2D eigenvalue weighted by molar-refractivity contribution is 0.206. The lowest BCUT2D eigenvalue weighted by atomic mass is 10.2. The van der Waals surface area contributed by atoms with Crippen LogP contribution in [0.15, 0.2) is 23.2 Å². The summed E-state index contributed by atoms with van der Waals surface area (Å²) in [5.74, 6) is -0.568. The maximum absolute atomic E-state index is 10.0. The third-order valence-corrected chi connectivity index (χ3v) is 1.32. The van der Waals surface area contributed by atoms with Gasteiger partial charge in [-0.25, -0.2) is 4.79 Å². The first-order valence-electron chi connectivity index (χ1n) is 3.38. The van der Waals surface area contributed by atoms with Crippen molar-refractivity contribution in [2.45, 2.75) is 0 Å². The minimum atomic E-state index is -1.31. The molecule has 0 spiro atoms. The van der Waals surface area contributed by atoms with Crippen molar-refractivity contribution >= 4 is 12.3 Å². The Balaban J connectivity index is 2.92. The zero-order chi connectivity index (χ0) is 9.84. The fourth-order valence-electron chi connectivity index (χ4n) is 0.751. The van der Waals surface area contributed by atoms with Crippen LogP contribution in [0.1, 0.15) is 5.56 Å². The highest BCUT2D eigenvalue weighted by Crippen LogP contribution is 2.23. The molecule has 3 N–H and O–H groups in total. The highest BCUT2D eigenvalue weighted by Gasteiger charge is 1.98. The van der Waals surface area contributed by atoms with Gasteiger partial charge in [-0.05, 0) is 23.8 Å². The van der Waals surface area contributed by atoms with Gasteiger partial charge >= 0.3 is 6.09 Å². The summed E-state index contributed by atoms with van der Waals surface area (Å²) in [7, 11) is 0. The molecular formula is C8H7NO4. The summed E-state index contributed by atoms with van der Waals surface area (Å²) in [6.45, 7) is 0. The molecular weight excluding hydrogens is 174 g/mol. The van der Waals surface area contributed by atoms with Gasteiger partial charge in [0.1, 0.15) is 0 Å². The summed E-state index contributed by atoms with van der Waals surface area (Å²) in [5, 5.41) is 26.1. The molecule has 0 saturated carbocycles. The van der Waals surface area contributed by atoms with Crippen LogP contribution in [0, 0.1) is 0 Å². The van der Waals surface area contributed by atoms with Gasteiger partial charge < -0.3 is 15.3 Å². The Bertz CT molecular complexity index is 359. The van der Waals surface area contributed by atoms with E-state index in [9.17, 15) is 4.79 Å². The highest BCUT2D eigenvalue weighted by atomic mass is 16.4. The van der Waals surface area contributed by atoms with E-state index in [2.05, 4.69) is 4.99 Å². The number of hydrogen-bond acceptors (Lipinski definition) is 3. The van der Waals surface area contributed by atoms with E-state index in [1.54, 1.807) is 0 Å². The summed E-state index contributed by atoms with van der Waals surface area (Å²) in [5.41, 5.74) is 0.401. The predicted molar refractivity (Wildman–Crippen MR) is 45.4 cm³/mol. The molecule has 0 bridgehead atoms. The van der Waals surface area contributed by atoms with E-state index in [4.69, 9.17) is 15.3 Å². The molecule has 0 aliphatic heterocycles. The largest absolute Gasteiger partial charge is 0.504 e. The molecule has 0 saturated heterocycles. The van der Waals surface area contributed by atoms with E-state index < -0.39 is 6.09 Å². The zero-order valence-electron chi connectivity index (χ0n) is 6.51. The van der Waals surface area contributed by atoms with E-state index in [0.717, 1.165) is 6.21 Å². The van der Waals surface area contributed by atoms with Gasteiger partial charge in [-0.15, -0.1) is 0 Å². The molecule has 1 amide bonds. The van der Waals surface area contributed by atoms with Crippen molar-refractivity contribution in [1.29, 1.82) is 0 Å². The third kappa shape index (κ3) is 2.48. The summed E-state index contributed by atoms with van der Waals surface area (Å²) >= 11 is 0. The quantitative estimate of drug-likeness (QED) is 0.448. The topological polar surface area (TPSA) is 90.1 Å². The number of carboxylic acid groups (broad SMARTS) is 1. The van der Waals surface area contributed by atoms with Gasteiger partial charge in [-0.2, -0.15) is 4.99 Å². The van der Waals surface area contributed by atoms with Crippen molar-refractivity contribution < 1.29 is 20.1 Å². The lowest BCUT2D eigenvalue weighted by Crippen LogP contribution is -1.87. The Morgan fingerprint density at radius 2 is 2.00 bits per heavy atom. The van der Waals surface area contributed by atoms with Gasteiger partial charge in [0.05, 0.1) is 0 Å². The Morgan fingerprint density at radius 3 is 2.54 bits per heavy atom. The van der Waals surface area contributed by atoms with Crippen molar-refractivity contribution in [2.75, 3.05) is 0 Å². The second-order valence-electron chi connectivity index (χ2n) is 2.29. The third-order valence-electron chi connectivity index (χ3n) is 1.32. The second kappa shape index (κ2) is 3.57. The van der Waals surface area contributed by atoms with Crippen molar-refractivity contribution in [3.8, 4) is 11.5 Å². The second-order valence-corrected chi connectivity index (χ2v) is 2.29. The average molecular weight is 181 g/mol. The Morgan fingerprint density at radius 1 is 1.31 bits per heavy atom. The maximum Gasteiger partial charge on any atom is 0.431 e. The van der Waals surface area contributed by atoms with Crippen LogP contribution < -0.4 is 0 Å². The van der Waals surface area contributed by atoms with E-state index >= 15 is 0 Å². The lowest BCUT2D eigenvalue weighted by Gasteiger charge is -1.96. The Labute approximate surface area is 73.6 Å². The Hall–Kier alpha value is -2.04. The molecule has 0 fully saturated rings. The predicted octanol–water partition coefficient (Wildman–Crippen LogP) is 1.19. The van der Waals surface area contributed by atoms with E-state index in [-0.39, 0.29) is 11.5 Å². The molecule has 0 heterocycles. The molecule has 1 rings (SSSR count). The van der Waals surface area contributed by atoms with E-state index in [0.29, 0.717) is 5.56 Å². The minimum Gasteiger partial charge on any atom is -0.504 e. The number of rotatable bonds is 1. The monoisotopic (exact) mass is 181 g/mol. The van der Waals surface area contributed by atoms with Crippen molar-refractivity contribution in [3.05, 3.63) is 23.8 Å². The van der Waals surface area contributed by atoms with Crippen molar-refractivity contribution in [1.82, 2.24) is 0 Å². The first kappa shape index (κ1) is 9.05. The van der Waals surface area contributed by atoms with Crippen LogP contribution in [0.4, 0.5) is 4.79 Å². The molecule has 0 unspecified atom stereocenters. The van der Waals surface area contributed by atoms with Crippen LogP contribution in [0.25, 0.3) is 0 Å². The first-order chi connectivity index (χ1) is 6.09. The van der Waals surface area contributed by atoms with Crippen LogP contribution in [0.2, 0.25) is 0 Å². The van der Waals surface area contributed by atoms with Gasteiger partial charge in [0.2, 0.25) is 0 Å². The van der Waals surface area contributed by atoms with E-state index in [1.165, 1.54) is 18.2 Å². The number of benzene rings is 1. The number of phenols is 2. The summed E-state index contributed by atoms with van der Waals surface area (Å²) in [6.07, 6.45) is -0.242. The molecule has 5 nitrogen and oxygen atoms in total. The van der Waals surface area contributed by atoms with Crippen molar-refractivity contribution in [2.24, 2.45) is 4.99 Å². The van der Waals surface area contributed by atoms with Crippen LogP contribution >= 0.6 is 0 Å². The molecule has 13 heavy (non-hydrogen) atoms. The number of hydrogen-bond donors (Lipinski definition) is 3. The van der Waals surface area contributed by atoms with Gasteiger partial charge in [0.15, 0.2) is 11.5 Å². The van der Waals surface area contributed by atoms with E-state index in [1.807, 2.05) is 0 Å². The van der Waals surface area contributed by atoms with Crippen LogP contribution in [0.5, 0.6) is 11.5 Å². The normalized spacial score (nSPS) is 10.5. The molecule has 0 aliphatic rings. The fraction of sp³-hybridized carbons (Fsp3) is 0. The smallest absolute Gasteiger partial charge is 0.431 e. The number of phenolic OH excluding ortho intramolecular Hbond substituents is 2. The summed E-state index contributed by atoms with van der Waals surface area (Å²) in [6, 6.07) is 3.89. The summed E-state index contributed by atoms with van der Waals surface area (Å²) in [4.78, 5) is 13.1. The molecule has 5 heteroatoms. The molecule has 0 aromatic heterocycles. The highest BCUT2D eigenvalue weighted by molar-refractivity contribution is 5.88. The average Bonchev–Trinajstić information content (AvgIpc) is 2.07. The van der Waals surface area contributed by atoms with Crippen LogP contribution in [-0.2, 0) is 0 Å². The number of amides is 1. The number of carbonyl (C=O) groups is 1. The molecule has 1 aromatic carbocycles. The van der Waals surface area contributed by atoms with Crippen LogP contribution in [-0.4, -0.2) is 27.6 Å². The molecule has 0 radical (unpaired) electrons. The van der Waals surface area contributed by atoms with Gasteiger partial charge in [-0.1, -0.05) is 0 Å². The molecule has 0 aliphatic carbocycles. The zero-order valence-corrected chi connectivity index (χ0v) is 6.51. The fourth-order valence-corrected chi connectivity index (χ4v) is 0.751. The number of aliphatic imine (C=N–C) groups is 1. The van der Waals surface area contributed by atoms with Gasteiger partial charge in [0.25, 0.3) is 0 Å². The number of aromatic hydroxyl groups is 2. The number of nitrogens with zero attached hydrogens (tertiary/aromatic N) is 1. The molecule has 0 atom stereocenters.